The summed E-state index contributed by atoms with van der Waals surface area (Å²) in [6.45, 7) is 0. The normalized spacial score (nSPS) is 10.5. The van der Waals surface area contributed by atoms with E-state index in [1.807, 2.05) is 48.7 Å². The summed E-state index contributed by atoms with van der Waals surface area (Å²) in [4.78, 5) is 4.46. The van der Waals surface area contributed by atoms with E-state index >= 15 is 0 Å². The predicted molar refractivity (Wildman–Crippen MR) is 66.0 cm³/mol. The molecular weight excluding hydrogens is 194 g/mol. The Labute approximate surface area is 94.4 Å². The van der Waals surface area contributed by atoms with Gasteiger partial charge in [0.2, 0.25) is 0 Å². The van der Waals surface area contributed by atoms with Gasteiger partial charge in [0.1, 0.15) is 0 Å². The lowest BCUT2D eigenvalue weighted by Gasteiger charge is -2.04. The van der Waals surface area contributed by atoms with Crippen molar-refractivity contribution in [1.29, 1.82) is 0 Å². The summed E-state index contributed by atoms with van der Waals surface area (Å²) in [5.74, 6) is 0. The zero-order valence-corrected chi connectivity index (χ0v) is 8.72. The Kier molecular flexibility index (Phi) is 2.15. The second-order valence-corrected chi connectivity index (χ2v) is 3.67. The maximum Gasteiger partial charge on any atom is 0.0780 e. The highest BCUT2D eigenvalue weighted by Crippen LogP contribution is 2.25. The Balaban J connectivity index is 2.32. The number of hydrogen-bond donors (Lipinski definition) is 0. The predicted octanol–water partition coefficient (Wildman–Crippen LogP) is 3.70. The Morgan fingerprint density at radius 3 is 2.56 bits per heavy atom. The fraction of sp³-hybridized carbons (Fsp3) is 0. The molecule has 1 radical (unpaired) electrons. The zero-order chi connectivity index (χ0) is 10.8. The highest BCUT2D eigenvalue weighted by atomic mass is 14.7. The van der Waals surface area contributed by atoms with E-state index in [1.54, 1.807) is 0 Å². The summed E-state index contributed by atoms with van der Waals surface area (Å²) >= 11 is 0. The van der Waals surface area contributed by atoms with Crippen molar-refractivity contribution in [2.75, 3.05) is 0 Å². The maximum absolute atomic E-state index is 4.46. The summed E-state index contributed by atoms with van der Waals surface area (Å²) in [7, 11) is 0. The minimum absolute atomic E-state index is 1.03. The van der Waals surface area contributed by atoms with Crippen LogP contribution in [-0.4, -0.2) is 4.98 Å². The van der Waals surface area contributed by atoms with Crippen LogP contribution in [-0.2, 0) is 0 Å². The van der Waals surface area contributed by atoms with E-state index in [0.29, 0.717) is 0 Å². The molecule has 0 aliphatic carbocycles. The van der Waals surface area contributed by atoms with Crippen LogP contribution >= 0.6 is 0 Å². The molecule has 1 aromatic heterocycles. The molecule has 1 heteroatoms. The zero-order valence-electron chi connectivity index (χ0n) is 8.72. The minimum Gasteiger partial charge on any atom is -0.256 e. The first kappa shape index (κ1) is 9.10. The quantitative estimate of drug-likeness (QED) is 0.589. The lowest BCUT2D eigenvalue weighted by molar-refractivity contribution is 1.36. The first-order valence-corrected chi connectivity index (χ1v) is 5.25. The highest BCUT2D eigenvalue weighted by molar-refractivity contribution is 5.94. The van der Waals surface area contributed by atoms with Crippen LogP contribution in [0.15, 0.2) is 60.8 Å². The molecule has 0 saturated carbocycles. The molecular formula is C15H10N. The van der Waals surface area contributed by atoms with Crippen molar-refractivity contribution in [2.45, 2.75) is 0 Å². The first-order chi connectivity index (χ1) is 7.95. The molecule has 3 rings (SSSR count). The van der Waals surface area contributed by atoms with Gasteiger partial charge in [-0.2, -0.15) is 0 Å². The molecule has 1 nitrogen and oxygen atoms in total. The maximum atomic E-state index is 4.46. The van der Waals surface area contributed by atoms with Crippen LogP contribution < -0.4 is 0 Å². The van der Waals surface area contributed by atoms with Crippen molar-refractivity contribution in [3.05, 3.63) is 66.9 Å². The molecule has 0 saturated heterocycles. The second-order valence-electron chi connectivity index (χ2n) is 3.67. The van der Waals surface area contributed by atoms with E-state index in [1.165, 1.54) is 10.8 Å². The van der Waals surface area contributed by atoms with E-state index in [4.69, 9.17) is 0 Å². The van der Waals surface area contributed by atoms with Crippen LogP contribution in [0.5, 0.6) is 0 Å². The fourth-order valence-corrected chi connectivity index (χ4v) is 1.89. The van der Waals surface area contributed by atoms with Crippen LogP contribution in [0.1, 0.15) is 0 Å². The minimum atomic E-state index is 1.03. The molecule has 3 aromatic rings. The number of fused-ring (bicyclic) bond motifs is 1. The van der Waals surface area contributed by atoms with E-state index in [2.05, 4.69) is 23.2 Å². The van der Waals surface area contributed by atoms with Crippen molar-refractivity contribution in [3.63, 3.8) is 0 Å². The van der Waals surface area contributed by atoms with Crippen LogP contribution in [0.3, 0.4) is 0 Å². The molecule has 0 spiro atoms. The van der Waals surface area contributed by atoms with Gasteiger partial charge in [-0.05, 0) is 17.5 Å². The molecule has 0 bridgehead atoms. The first-order valence-electron chi connectivity index (χ1n) is 5.25. The molecule has 16 heavy (non-hydrogen) atoms. The number of nitrogens with zero attached hydrogens (tertiary/aromatic N) is 1. The Hall–Kier alpha value is -2.15. The summed E-state index contributed by atoms with van der Waals surface area (Å²) in [5.41, 5.74) is 2.17. The van der Waals surface area contributed by atoms with Crippen LogP contribution in [0.2, 0.25) is 0 Å². The fourth-order valence-electron chi connectivity index (χ4n) is 1.89. The topological polar surface area (TPSA) is 12.9 Å². The summed E-state index contributed by atoms with van der Waals surface area (Å²) in [6, 6.07) is 21.3. The molecule has 0 aliphatic heterocycles. The van der Waals surface area contributed by atoms with Crippen molar-refractivity contribution in [3.8, 4) is 11.3 Å². The van der Waals surface area contributed by atoms with Gasteiger partial charge in [0.25, 0.3) is 0 Å². The van der Waals surface area contributed by atoms with Crippen molar-refractivity contribution < 1.29 is 0 Å². The number of aromatic nitrogens is 1. The molecule has 0 amide bonds. The van der Waals surface area contributed by atoms with Gasteiger partial charge in [-0.25, -0.2) is 0 Å². The molecule has 0 unspecified atom stereocenters. The molecule has 0 N–H and O–H groups in total. The van der Waals surface area contributed by atoms with Gasteiger partial charge in [0, 0.05) is 17.1 Å². The Bertz CT molecular complexity index is 609. The van der Waals surface area contributed by atoms with Gasteiger partial charge in [-0.15, -0.1) is 0 Å². The summed E-state index contributed by atoms with van der Waals surface area (Å²) in [5, 5.41) is 2.41. The van der Waals surface area contributed by atoms with E-state index in [0.717, 1.165) is 11.3 Å². The van der Waals surface area contributed by atoms with Crippen molar-refractivity contribution >= 4 is 10.8 Å². The highest BCUT2D eigenvalue weighted by Gasteiger charge is 2.03. The van der Waals surface area contributed by atoms with Gasteiger partial charge >= 0.3 is 0 Å². The molecule has 75 valence electrons. The third-order valence-corrected chi connectivity index (χ3v) is 2.67. The van der Waals surface area contributed by atoms with Gasteiger partial charge in [0.05, 0.1) is 5.69 Å². The SMILES string of the molecule is [c]1ccc(-c2nccc3ccccc23)cc1. The lowest BCUT2D eigenvalue weighted by atomic mass is 10.0. The molecule has 2 aromatic carbocycles. The standard InChI is InChI=1S/C15H10N/c1-2-7-13(8-3-1)15-14-9-5-4-6-12(14)10-11-16-15/h2-11H. The molecule has 0 fully saturated rings. The smallest absolute Gasteiger partial charge is 0.0780 e. The Morgan fingerprint density at radius 1 is 0.875 bits per heavy atom. The van der Waals surface area contributed by atoms with Gasteiger partial charge in [-0.3, -0.25) is 4.98 Å². The summed E-state index contributed by atoms with van der Waals surface area (Å²) < 4.78 is 0. The number of pyridine rings is 1. The van der Waals surface area contributed by atoms with Gasteiger partial charge in [-0.1, -0.05) is 48.5 Å². The lowest BCUT2D eigenvalue weighted by Crippen LogP contribution is -1.84. The van der Waals surface area contributed by atoms with Gasteiger partial charge < -0.3 is 0 Å². The number of hydrogen-bond acceptors (Lipinski definition) is 1. The van der Waals surface area contributed by atoms with Crippen LogP contribution in [0, 0.1) is 6.07 Å². The molecule has 0 aliphatic rings. The van der Waals surface area contributed by atoms with E-state index in [9.17, 15) is 0 Å². The largest absolute Gasteiger partial charge is 0.256 e. The molecule has 1 heterocycles. The van der Waals surface area contributed by atoms with Crippen molar-refractivity contribution in [1.82, 2.24) is 4.98 Å². The molecule has 0 atom stereocenters. The average Bonchev–Trinajstić information content (AvgIpc) is 2.39. The van der Waals surface area contributed by atoms with E-state index in [-0.39, 0.29) is 0 Å². The second kappa shape index (κ2) is 3.78. The Morgan fingerprint density at radius 2 is 1.69 bits per heavy atom. The van der Waals surface area contributed by atoms with E-state index < -0.39 is 0 Å². The van der Waals surface area contributed by atoms with Crippen LogP contribution in [0.4, 0.5) is 0 Å². The summed E-state index contributed by atoms with van der Waals surface area (Å²) in [6.07, 6.45) is 1.86. The average molecular weight is 204 g/mol. The third kappa shape index (κ3) is 1.47. The monoisotopic (exact) mass is 204 g/mol. The number of benzene rings is 2. The van der Waals surface area contributed by atoms with Gasteiger partial charge in [0.15, 0.2) is 0 Å². The van der Waals surface area contributed by atoms with Crippen molar-refractivity contribution in [2.24, 2.45) is 0 Å². The van der Waals surface area contributed by atoms with Crippen LogP contribution in [0.25, 0.3) is 22.0 Å². The number of rotatable bonds is 1. The third-order valence-electron chi connectivity index (χ3n) is 2.67.